The van der Waals surface area contributed by atoms with E-state index < -0.39 is 0 Å². The number of aryl methyl sites for hydroxylation is 1. The molecule has 0 unspecified atom stereocenters. The van der Waals surface area contributed by atoms with E-state index in [2.05, 4.69) is 28.8 Å². The van der Waals surface area contributed by atoms with E-state index in [-0.39, 0.29) is 5.82 Å². The van der Waals surface area contributed by atoms with Gasteiger partial charge in [-0.05, 0) is 67.3 Å². The van der Waals surface area contributed by atoms with Gasteiger partial charge in [0, 0.05) is 35.9 Å². The second-order valence-corrected chi connectivity index (χ2v) is 8.19. The lowest BCUT2D eigenvalue weighted by atomic mass is 9.96. The predicted molar refractivity (Wildman–Crippen MR) is 122 cm³/mol. The molecule has 0 spiro atoms. The second-order valence-electron chi connectivity index (χ2n) is 8.19. The predicted octanol–water partition coefficient (Wildman–Crippen LogP) is 6.55. The third-order valence-corrected chi connectivity index (χ3v) is 6.11. The first-order valence-electron chi connectivity index (χ1n) is 10.9. The highest BCUT2D eigenvalue weighted by Gasteiger charge is 2.23. The molecule has 4 aromatic rings. The Bertz CT molecular complexity index is 1190. The van der Waals surface area contributed by atoms with Crippen LogP contribution in [0, 0.1) is 12.7 Å². The number of aromatic nitrogens is 1. The van der Waals surface area contributed by atoms with Crippen LogP contribution in [-0.2, 0) is 11.3 Å². The Kier molecular flexibility index (Phi) is 5.47. The molecule has 0 N–H and O–H groups in total. The van der Waals surface area contributed by atoms with E-state index in [1.807, 2.05) is 49.4 Å². The summed E-state index contributed by atoms with van der Waals surface area (Å²) in [5, 5.41) is 1.09. The number of benzene rings is 3. The van der Waals surface area contributed by atoms with Crippen LogP contribution < -0.4 is 4.74 Å². The van der Waals surface area contributed by atoms with Crippen molar-refractivity contribution >= 4 is 10.9 Å². The van der Waals surface area contributed by atoms with Gasteiger partial charge in [0.15, 0.2) is 0 Å². The van der Waals surface area contributed by atoms with Crippen molar-refractivity contribution in [2.45, 2.75) is 32.3 Å². The zero-order valence-electron chi connectivity index (χ0n) is 17.7. The van der Waals surface area contributed by atoms with Gasteiger partial charge in [-0.2, -0.15) is 0 Å². The lowest BCUT2D eigenvalue weighted by Crippen LogP contribution is -2.16. The SMILES string of the molecule is Cc1cc(-n2c(C3CCOCC3)cc3c(OCc4ccccc4)cccc32)ccc1F. The molecule has 5 rings (SSSR count). The molecule has 1 aromatic heterocycles. The first-order valence-corrected chi connectivity index (χ1v) is 10.9. The summed E-state index contributed by atoms with van der Waals surface area (Å²) < 4.78 is 28.1. The lowest BCUT2D eigenvalue weighted by molar-refractivity contribution is 0.0842. The maximum absolute atomic E-state index is 14.0. The number of halogens is 1. The van der Waals surface area contributed by atoms with Gasteiger partial charge in [-0.15, -0.1) is 0 Å². The Morgan fingerprint density at radius 2 is 1.77 bits per heavy atom. The summed E-state index contributed by atoms with van der Waals surface area (Å²) in [6.07, 6.45) is 1.97. The summed E-state index contributed by atoms with van der Waals surface area (Å²) in [5.74, 6) is 1.08. The number of nitrogens with zero attached hydrogens (tertiary/aromatic N) is 1. The van der Waals surface area contributed by atoms with Gasteiger partial charge in [-0.25, -0.2) is 4.39 Å². The summed E-state index contributed by atoms with van der Waals surface area (Å²) in [6, 6.07) is 24.0. The minimum atomic E-state index is -0.181. The van der Waals surface area contributed by atoms with Gasteiger partial charge in [-0.1, -0.05) is 36.4 Å². The Morgan fingerprint density at radius 1 is 0.968 bits per heavy atom. The van der Waals surface area contributed by atoms with Gasteiger partial charge in [0.2, 0.25) is 0 Å². The highest BCUT2D eigenvalue weighted by Crippen LogP contribution is 2.38. The van der Waals surface area contributed by atoms with Crippen molar-refractivity contribution in [3.63, 3.8) is 0 Å². The summed E-state index contributed by atoms with van der Waals surface area (Å²) >= 11 is 0. The molecule has 0 saturated carbocycles. The molecular formula is C27H26FNO2. The number of rotatable bonds is 5. The summed E-state index contributed by atoms with van der Waals surface area (Å²) in [5.41, 5.74) is 5.08. The Labute approximate surface area is 182 Å². The average Bonchev–Trinajstić information content (AvgIpc) is 3.21. The van der Waals surface area contributed by atoms with E-state index >= 15 is 0 Å². The van der Waals surface area contributed by atoms with Crippen molar-refractivity contribution in [2.24, 2.45) is 0 Å². The van der Waals surface area contributed by atoms with Gasteiger partial charge in [0.05, 0.1) is 5.52 Å². The highest BCUT2D eigenvalue weighted by atomic mass is 19.1. The Hall–Kier alpha value is -3.11. The molecule has 3 aromatic carbocycles. The van der Waals surface area contributed by atoms with E-state index in [0.29, 0.717) is 18.1 Å². The van der Waals surface area contributed by atoms with Crippen LogP contribution in [-0.4, -0.2) is 17.8 Å². The second kappa shape index (κ2) is 8.56. The number of hydrogen-bond acceptors (Lipinski definition) is 2. The normalized spacial score (nSPS) is 14.8. The molecule has 4 heteroatoms. The highest BCUT2D eigenvalue weighted by molar-refractivity contribution is 5.89. The Balaban J connectivity index is 1.61. The zero-order chi connectivity index (χ0) is 21.2. The molecule has 0 atom stereocenters. The van der Waals surface area contributed by atoms with Crippen LogP contribution in [0.15, 0.2) is 72.8 Å². The van der Waals surface area contributed by atoms with E-state index in [4.69, 9.17) is 9.47 Å². The van der Waals surface area contributed by atoms with Crippen LogP contribution in [0.3, 0.4) is 0 Å². The lowest BCUT2D eigenvalue weighted by Gasteiger charge is -2.24. The maximum atomic E-state index is 14.0. The largest absolute Gasteiger partial charge is 0.488 e. The quantitative estimate of drug-likeness (QED) is 0.369. The van der Waals surface area contributed by atoms with Crippen molar-refractivity contribution in [2.75, 3.05) is 13.2 Å². The molecule has 0 radical (unpaired) electrons. The van der Waals surface area contributed by atoms with Crippen LogP contribution in [0.1, 0.15) is 35.6 Å². The van der Waals surface area contributed by atoms with E-state index in [1.54, 1.807) is 6.07 Å². The van der Waals surface area contributed by atoms with Crippen LogP contribution in [0.25, 0.3) is 16.6 Å². The molecule has 3 nitrogen and oxygen atoms in total. The standard InChI is InChI=1S/C27H26FNO2/c1-19-16-22(10-11-24(19)28)29-25-8-5-9-27(31-18-20-6-3-2-4-7-20)23(25)17-26(29)21-12-14-30-15-13-21/h2-11,16-17,21H,12-15,18H2,1H3. The average molecular weight is 416 g/mol. The van der Waals surface area contributed by atoms with Crippen molar-refractivity contribution in [1.29, 1.82) is 0 Å². The molecule has 158 valence electrons. The topological polar surface area (TPSA) is 23.4 Å². The molecule has 31 heavy (non-hydrogen) atoms. The molecule has 0 bridgehead atoms. The number of fused-ring (bicyclic) bond motifs is 1. The van der Waals surface area contributed by atoms with Crippen LogP contribution in [0.2, 0.25) is 0 Å². The van der Waals surface area contributed by atoms with Crippen LogP contribution in [0.4, 0.5) is 4.39 Å². The van der Waals surface area contributed by atoms with E-state index in [1.165, 1.54) is 5.69 Å². The van der Waals surface area contributed by atoms with Crippen molar-refractivity contribution in [3.8, 4) is 11.4 Å². The summed E-state index contributed by atoms with van der Waals surface area (Å²) in [4.78, 5) is 0. The minimum absolute atomic E-state index is 0.181. The number of hydrogen-bond donors (Lipinski definition) is 0. The van der Waals surface area contributed by atoms with E-state index in [9.17, 15) is 4.39 Å². The van der Waals surface area contributed by atoms with Crippen LogP contribution in [0.5, 0.6) is 5.75 Å². The fraction of sp³-hybridized carbons (Fsp3) is 0.259. The summed E-state index contributed by atoms with van der Waals surface area (Å²) in [7, 11) is 0. The molecule has 2 heterocycles. The first kappa shape index (κ1) is 19.8. The van der Waals surface area contributed by atoms with Gasteiger partial charge in [0.1, 0.15) is 18.2 Å². The molecule has 0 amide bonds. The number of ether oxygens (including phenoxy) is 2. The van der Waals surface area contributed by atoms with Crippen molar-refractivity contribution in [3.05, 3.63) is 95.4 Å². The fourth-order valence-electron chi connectivity index (χ4n) is 4.44. The fourth-order valence-corrected chi connectivity index (χ4v) is 4.44. The Morgan fingerprint density at radius 3 is 2.55 bits per heavy atom. The van der Waals surface area contributed by atoms with Gasteiger partial charge in [0.25, 0.3) is 0 Å². The van der Waals surface area contributed by atoms with Crippen molar-refractivity contribution < 1.29 is 13.9 Å². The third-order valence-electron chi connectivity index (χ3n) is 6.11. The molecule has 1 aliphatic heterocycles. The van der Waals surface area contributed by atoms with Gasteiger partial charge in [-0.3, -0.25) is 0 Å². The smallest absolute Gasteiger partial charge is 0.129 e. The third kappa shape index (κ3) is 3.96. The first-order chi connectivity index (χ1) is 15.2. The van der Waals surface area contributed by atoms with Crippen molar-refractivity contribution in [1.82, 2.24) is 4.57 Å². The molecular weight excluding hydrogens is 389 g/mol. The molecule has 0 aliphatic carbocycles. The molecule has 1 fully saturated rings. The molecule has 1 saturated heterocycles. The minimum Gasteiger partial charge on any atom is -0.488 e. The monoisotopic (exact) mass is 415 g/mol. The maximum Gasteiger partial charge on any atom is 0.129 e. The zero-order valence-corrected chi connectivity index (χ0v) is 17.7. The molecule has 1 aliphatic rings. The van der Waals surface area contributed by atoms with Crippen LogP contribution >= 0.6 is 0 Å². The van der Waals surface area contributed by atoms with Gasteiger partial charge < -0.3 is 14.0 Å². The van der Waals surface area contributed by atoms with Gasteiger partial charge >= 0.3 is 0 Å². The summed E-state index contributed by atoms with van der Waals surface area (Å²) in [6.45, 7) is 3.87. The van der Waals surface area contributed by atoms with E-state index in [0.717, 1.165) is 54.0 Å².